The Morgan fingerprint density at radius 2 is 2.06 bits per heavy atom. The molecule has 17 heavy (non-hydrogen) atoms. The molecule has 0 aliphatic rings. The van der Waals surface area contributed by atoms with Crippen molar-refractivity contribution in [2.45, 2.75) is 27.2 Å². The van der Waals surface area contributed by atoms with Crippen LogP contribution < -0.4 is 4.74 Å². The number of hydrogen-bond acceptors (Lipinski definition) is 1. The van der Waals surface area contributed by atoms with Crippen molar-refractivity contribution < 1.29 is 4.74 Å². The molecule has 1 nitrogen and oxygen atoms in total. The second-order valence-corrected chi connectivity index (χ2v) is 4.86. The third-order valence-corrected chi connectivity index (χ3v) is 2.94. The van der Waals surface area contributed by atoms with Crippen LogP contribution in [0.3, 0.4) is 0 Å². The van der Waals surface area contributed by atoms with Crippen LogP contribution in [0.15, 0.2) is 24.3 Å². The lowest BCUT2D eigenvalue weighted by atomic mass is 10.00. The summed E-state index contributed by atoms with van der Waals surface area (Å²) in [7, 11) is 0. The van der Waals surface area contributed by atoms with E-state index in [-0.39, 0.29) is 0 Å². The molecule has 1 unspecified atom stereocenters. The summed E-state index contributed by atoms with van der Waals surface area (Å²) < 4.78 is 5.59. The van der Waals surface area contributed by atoms with Gasteiger partial charge in [0.15, 0.2) is 0 Å². The second kappa shape index (κ2) is 6.93. The van der Waals surface area contributed by atoms with E-state index in [1.165, 1.54) is 0 Å². The van der Waals surface area contributed by atoms with E-state index >= 15 is 0 Å². The average molecular weight is 273 g/mol. The van der Waals surface area contributed by atoms with Crippen molar-refractivity contribution in [1.82, 2.24) is 0 Å². The van der Waals surface area contributed by atoms with E-state index in [2.05, 4.69) is 19.1 Å². The number of benzene rings is 1. The highest BCUT2D eigenvalue weighted by Gasteiger charge is 2.12. The Labute approximate surface area is 113 Å². The summed E-state index contributed by atoms with van der Waals surface area (Å²) in [5, 5.41) is 1.24. The van der Waals surface area contributed by atoms with Gasteiger partial charge in [0.2, 0.25) is 0 Å². The summed E-state index contributed by atoms with van der Waals surface area (Å²) in [5.74, 6) is 1.20. The van der Waals surface area contributed by atoms with Gasteiger partial charge in [0, 0.05) is 5.02 Å². The molecule has 0 aliphatic heterocycles. The maximum absolute atomic E-state index is 6.15. The van der Waals surface area contributed by atoms with E-state index in [1.807, 2.05) is 19.9 Å². The molecule has 1 aromatic rings. The van der Waals surface area contributed by atoms with Gasteiger partial charge in [0.05, 0.1) is 11.6 Å². The lowest BCUT2D eigenvalue weighted by Gasteiger charge is -2.14. The van der Waals surface area contributed by atoms with Gasteiger partial charge in [-0.25, -0.2) is 0 Å². The van der Waals surface area contributed by atoms with Crippen molar-refractivity contribution in [3.63, 3.8) is 0 Å². The molecule has 0 bridgehead atoms. The summed E-state index contributed by atoms with van der Waals surface area (Å²) >= 11 is 12.2. The number of rotatable bonds is 5. The number of halogens is 2. The molecular weight excluding hydrogens is 255 g/mol. The Morgan fingerprint density at radius 3 is 2.65 bits per heavy atom. The van der Waals surface area contributed by atoms with Crippen molar-refractivity contribution in [3.05, 3.63) is 39.9 Å². The van der Waals surface area contributed by atoms with Crippen LogP contribution in [0.4, 0.5) is 0 Å². The van der Waals surface area contributed by atoms with Crippen LogP contribution in [0.25, 0.3) is 0 Å². The highest BCUT2D eigenvalue weighted by atomic mass is 35.5. The van der Waals surface area contributed by atoms with Gasteiger partial charge in [-0.05, 0) is 43.9 Å². The largest absolute Gasteiger partial charge is 0.492 e. The highest BCUT2D eigenvalue weighted by molar-refractivity contribution is 6.35. The fourth-order valence-corrected chi connectivity index (χ4v) is 2.40. The minimum atomic E-state index is 0.439. The van der Waals surface area contributed by atoms with Crippen molar-refractivity contribution in [2.75, 3.05) is 6.61 Å². The molecule has 0 saturated heterocycles. The standard InChI is InChI=1S/C14H18Cl2O/c1-4-6-10(3)7-11-8-12(15)9-13(16)14(11)17-5-2/h4,6,8-10H,5,7H2,1-3H3/b6-4-. The number of hydrogen-bond donors (Lipinski definition) is 0. The molecule has 1 aromatic carbocycles. The lowest BCUT2D eigenvalue weighted by Crippen LogP contribution is -2.02. The van der Waals surface area contributed by atoms with Gasteiger partial charge < -0.3 is 4.74 Å². The van der Waals surface area contributed by atoms with Gasteiger partial charge in [0.1, 0.15) is 5.75 Å². The van der Waals surface area contributed by atoms with E-state index in [9.17, 15) is 0 Å². The molecule has 0 fully saturated rings. The molecule has 1 rings (SSSR count). The Bertz CT molecular complexity index is 399. The first kappa shape index (κ1) is 14.4. The Kier molecular flexibility index (Phi) is 5.87. The van der Waals surface area contributed by atoms with Gasteiger partial charge in [-0.3, -0.25) is 0 Å². The monoisotopic (exact) mass is 272 g/mol. The smallest absolute Gasteiger partial charge is 0.141 e. The Balaban J connectivity index is 3.02. The summed E-state index contributed by atoms with van der Waals surface area (Å²) in [4.78, 5) is 0. The van der Waals surface area contributed by atoms with Crippen LogP contribution in [-0.2, 0) is 6.42 Å². The normalized spacial score (nSPS) is 13.0. The first-order valence-electron chi connectivity index (χ1n) is 5.82. The molecule has 3 heteroatoms. The predicted molar refractivity (Wildman–Crippen MR) is 75.3 cm³/mol. The minimum Gasteiger partial charge on any atom is -0.492 e. The maximum Gasteiger partial charge on any atom is 0.141 e. The third-order valence-electron chi connectivity index (χ3n) is 2.44. The fraction of sp³-hybridized carbons (Fsp3) is 0.429. The lowest BCUT2D eigenvalue weighted by molar-refractivity contribution is 0.335. The van der Waals surface area contributed by atoms with Gasteiger partial charge in [-0.15, -0.1) is 0 Å². The van der Waals surface area contributed by atoms with Gasteiger partial charge in [0.25, 0.3) is 0 Å². The highest BCUT2D eigenvalue weighted by Crippen LogP contribution is 2.34. The molecule has 1 atom stereocenters. The fourth-order valence-electron chi connectivity index (χ4n) is 1.81. The zero-order valence-electron chi connectivity index (χ0n) is 10.5. The topological polar surface area (TPSA) is 9.23 Å². The van der Waals surface area contributed by atoms with Crippen LogP contribution in [0.5, 0.6) is 5.75 Å². The summed E-state index contributed by atoms with van der Waals surface area (Å²) in [6.07, 6.45) is 5.08. The SMILES string of the molecule is C/C=C\C(C)Cc1cc(Cl)cc(Cl)c1OCC. The maximum atomic E-state index is 6.15. The Morgan fingerprint density at radius 1 is 1.35 bits per heavy atom. The number of ether oxygens (including phenoxy) is 1. The minimum absolute atomic E-state index is 0.439. The molecule has 0 radical (unpaired) electrons. The molecule has 0 spiro atoms. The van der Waals surface area contributed by atoms with E-state index < -0.39 is 0 Å². The van der Waals surface area contributed by atoms with Crippen LogP contribution >= 0.6 is 23.2 Å². The summed E-state index contributed by atoms with van der Waals surface area (Å²) in [6.45, 7) is 6.73. The summed E-state index contributed by atoms with van der Waals surface area (Å²) in [5.41, 5.74) is 1.06. The van der Waals surface area contributed by atoms with Crippen LogP contribution in [0.1, 0.15) is 26.3 Å². The third kappa shape index (κ3) is 4.25. The van der Waals surface area contributed by atoms with Crippen LogP contribution in [0, 0.1) is 5.92 Å². The number of allylic oxidation sites excluding steroid dienone is 2. The Hall–Kier alpha value is -0.660. The zero-order chi connectivity index (χ0) is 12.8. The van der Waals surface area contributed by atoms with Crippen LogP contribution in [0.2, 0.25) is 10.0 Å². The quantitative estimate of drug-likeness (QED) is 0.674. The molecule has 94 valence electrons. The van der Waals surface area contributed by atoms with Crippen molar-refractivity contribution in [3.8, 4) is 5.75 Å². The molecule has 0 aliphatic carbocycles. The first-order chi connectivity index (χ1) is 8.08. The molecule has 0 amide bonds. The van der Waals surface area contributed by atoms with Crippen molar-refractivity contribution >= 4 is 23.2 Å². The van der Waals surface area contributed by atoms with E-state index in [0.29, 0.717) is 22.6 Å². The van der Waals surface area contributed by atoms with Gasteiger partial charge >= 0.3 is 0 Å². The molecule has 0 aromatic heterocycles. The molecule has 0 saturated carbocycles. The van der Waals surface area contributed by atoms with Gasteiger partial charge in [-0.2, -0.15) is 0 Å². The predicted octanol–water partition coefficient (Wildman–Crippen LogP) is 5.15. The van der Waals surface area contributed by atoms with E-state index in [1.54, 1.807) is 6.07 Å². The van der Waals surface area contributed by atoms with E-state index in [0.717, 1.165) is 17.7 Å². The summed E-state index contributed by atoms with van der Waals surface area (Å²) in [6, 6.07) is 3.65. The van der Waals surface area contributed by atoms with Gasteiger partial charge in [-0.1, -0.05) is 42.3 Å². The molecule has 0 N–H and O–H groups in total. The average Bonchev–Trinajstić information content (AvgIpc) is 2.23. The van der Waals surface area contributed by atoms with Crippen molar-refractivity contribution in [1.29, 1.82) is 0 Å². The molecular formula is C14H18Cl2O. The second-order valence-electron chi connectivity index (χ2n) is 4.02. The zero-order valence-corrected chi connectivity index (χ0v) is 12.0. The van der Waals surface area contributed by atoms with E-state index in [4.69, 9.17) is 27.9 Å². The molecule has 0 heterocycles. The van der Waals surface area contributed by atoms with Crippen molar-refractivity contribution in [2.24, 2.45) is 5.92 Å². The first-order valence-corrected chi connectivity index (χ1v) is 6.57. The van der Waals surface area contributed by atoms with Crippen LogP contribution in [-0.4, -0.2) is 6.61 Å².